The van der Waals surface area contributed by atoms with Crippen molar-refractivity contribution in [3.8, 4) is 5.75 Å². The van der Waals surface area contributed by atoms with E-state index < -0.39 is 6.03 Å². The van der Waals surface area contributed by atoms with Crippen LogP contribution in [0.15, 0.2) is 48.5 Å². The van der Waals surface area contributed by atoms with Crippen LogP contribution in [0.5, 0.6) is 5.75 Å². The number of benzene rings is 2. The van der Waals surface area contributed by atoms with E-state index in [0.717, 1.165) is 0 Å². The minimum Gasteiger partial charge on any atom is -0.491 e. The number of ether oxygens (including phenoxy) is 2. The monoisotopic (exact) mass is 482 g/mol. The molecule has 0 fully saturated rings. The van der Waals surface area contributed by atoms with Gasteiger partial charge in [-0.2, -0.15) is 0 Å². The van der Waals surface area contributed by atoms with Gasteiger partial charge in [-0.15, -0.1) is 0 Å². The zero-order valence-electron chi connectivity index (χ0n) is 20.9. The molecule has 0 radical (unpaired) electrons. The van der Waals surface area contributed by atoms with Crippen LogP contribution >= 0.6 is 0 Å². The molecule has 3 rings (SSSR count). The summed E-state index contributed by atoms with van der Waals surface area (Å²) in [5.41, 5.74) is 1.50. The Balaban J connectivity index is 1.88. The Morgan fingerprint density at radius 1 is 1.03 bits per heavy atom. The first kappa shape index (κ1) is 26.0. The molecule has 0 unspecified atom stereocenters. The van der Waals surface area contributed by atoms with Crippen LogP contribution in [-0.2, 0) is 9.53 Å². The molecule has 1 aliphatic heterocycles. The molecular weight excluding hydrogens is 448 g/mol. The second-order valence-corrected chi connectivity index (χ2v) is 8.92. The fourth-order valence-corrected chi connectivity index (χ4v) is 4.10. The highest BCUT2D eigenvalue weighted by Gasteiger charge is 2.29. The molecular formula is C26H34N4O5. The van der Waals surface area contributed by atoms with E-state index in [4.69, 9.17) is 9.47 Å². The van der Waals surface area contributed by atoms with Gasteiger partial charge in [0.1, 0.15) is 12.4 Å². The average molecular weight is 483 g/mol. The average Bonchev–Trinajstić information content (AvgIpc) is 2.83. The molecule has 188 valence electrons. The van der Waals surface area contributed by atoms with Crippen LogP contribution in [-0.4, -0.2) is 73.6 Å². The summed E-state index contributed by atoms with van der Waals surface area (Å²) < 4.78 is 11.7. The highest BCUT2D eigenvalue weighted by atomic mass is 16.5. The van der Waals surface area contributed by atoms with Crippen LogP contribution in [0.3, 0.4) is 0 Å². The number of carbonyl (C=O) groups is 3. The maximum atomic E-state index is 13.3. The van der Waals surface area contributed by atoms with Gasteiger partial charge in [0.15, 0.2) is 0 Å². The van der Waals surface area contributed by atoms with E-state index >= 15 is 0 Å². The third kappa shape index (κ3) is 6.73. The van der Waals surface area contributed by atoms with Crippen LogP contribution in [0.25, 0.3) is 0 Å². The quantitative estimate of drug-likeness (QED) is 0.695. The summed E-state index contributed by atoms with van der Waals surface area (Å²) in [6.07, 6.45) is -0.246. The molecule has 1 heterocycles. The van der Waals surface area contributed by atoms with Crippen molar-refractivity contribution in [2.45, 2.75) is 32.9 Å². The summed E-state index contributed by atoms with van der Waals surface area (Å²) in [5, 5.41) is 5.53. The molecule has 2 N–H and O–H groups in total. The smallest absolute Gasteiger partial charge is 0.323 e. The van der Waals surface area contributed by atoms with E-state index in [1.54, 1.807) is 54.3 Å². The number of likely N-dealkylation sites (N-methyl/N-ethyl adjacent to an activating group) is 1. The van der Waals surface area contributed by atoms with Gasteiger partial charge < -0.3 is 29.9 Å². The molecule has 0 bridgehead atoms. The summed E-state index contributed by atoms with van der Waals surface area (Å²) in [6, 6.07) is 13.4. The van der Waals surface area contributed by atoms with Crippen molar-refractivity contribution in [2.24, 2.45) is 5.92 Å². The zero-order chi connectivity index (χ0) is 25.5. The molecule has 0 aliphatic carbocycles. The lowest BCUT2D eigenvalue weighted by Gasteiger charge is -2.35. The Labute approximate surface area is 206 Å². The normalized spacial score (nSPS) is 21.2. The highest BCUT2D eigenvalue weighted by molar-refractivity contribution is 6.01. The minimum atomic E-state index is -0.416. The number of carbonyl (C=O) groups excluding carboxylic acids is 3. The van der Waals surface area contributed by atoms with E-state index in [0.29, 0.717) is 35.8 Å². The molecule has 0 aromatic heterocycles. The van der Waals surface area contributed by atoms with Crippen molar-refractivity contribution in [2.75, 3.05) is 44.5 Å². The van der Waals surface area contributed by atoms with Crippen molar-refractivity contribution in [1.29, 1.82) is 0 Å². The largest absolute Gasteiger partial charge is 0.491 e. The van der Waals surface area contributed by atoms with Crippen molar-refractivity contribution >= 4 is 29.2 Å². The number of rotatable bonds is 3. The van der Waals surface area contributed by atoms with E-state index in [1.807, 2.05) is 32.0 Å². The van der Waals surface area contributed by atoms with E-state index in [2.05, 4.69) is 10.6 Å². The number of anilines is 2. The van der Waals surface area contributed by atoms with Crippen molar-refractivity contribution in [3.05, 3.63) is 54.1 Å². The van der Waals surface area contributed by atoms with E-state index in [1.165, 1.54) is 6.92 Å². The van der Waals surface area contributed by atoms with Gasteiger partial charge >= 0.3 is 6.03 Å². The molecule has 35 heavy (non-hydrogen) atoms. The standard InChI is InChI=1S/C26H34N4O5/c1-17-14-30(19(3)31)18(2)16-35-23-13-21(28-26(33)27-20-9-7-6-8-10-20)11-12-22(23)25(32)29(4)15-24(17)34-5/h6-13,17-18,24H,14-16H2,1-5H3,(H2,27,28,33)/t17-,18-,24-/m1/s1. The summed E-state index contributed by atoms with van der Waals surface area (Å²) in [5.74, 6) is 0.0659. The molecule has 0 spiro atoms. The van der Waals surface area contributed by atoms with Gasteiger partial charge in [0.25, 0.3) is 5.91 Å². The third-order valence-electron chi connectivity index (χ3n) is 6.14. The Bertz CT molecular complexity index is 1050. The lowest BCUT2D eigenvalue weighted by Crippen LogP contribution is -2.48. The fraction of sp³-hybridized carbons (Fsp3) is 0.423. The maximum absolute atomic E-state index is 13.3. The van der Waals surface area contributed by atoms with Gasteiger partial charge in [-0.05, 0) is 31.2 Å². The SMILES string of the molecule is CO[C@@H]1CN(C)C(=O)c2ccc(NC(=O)Nc3ccccc3)cc2OC[C@@H](C)N(C(C)=O)C[C@H]1C. The molecule has 2 aromatic rings. The van der Waals surface area contributed by atoms with Gasteiger partial charge in [-0.25, -0.2) is 4.79 Å². The second kappa shape index (κ2) is 11.7. The van der Waals surface area contributed by atoms with Gasteiger partial charge in [0.2, 0.25) is 5.91 Å². The predicted molar refractivity (Wildman–Crippen MR) is 135 cm³/mol. The number of nitrogens with one attached hydrogen (secondary N) is 2. The number of nitrogens with zero attached hydrogens (tertiary/aromatic N) is 2. The molecule has 0 saturated carbocycles. The molecule has 9 heteroatoms. The van der Waals surface area contributed by atoms with Crippen LogP contribution in [0.1, 0.15) is 31.1 Å². The van der Waals surface area contributed by atoms with Gasteiger partial charge in [0, 0.05) is 57.5 Å². The van der Waals surface area contributed by atoms with Crippen molar-refractivity contribution < 1.29 is 23.9 Å². The van der Waals surface area contributed by atoms with Gasteiger partial charge in [-0.3, -0.25) is 9.59 Å². The number of amides is 4. The molecule has 3 atom stereocenters. The van der Waals surface area contributed by atoms with Crippen LogP contribution in [0, 0.1) is 5.92 Å². The number of methoxy groups -OCH3 is 1. The number of fused-ring (bicyclic) bond motifs is 1. The van der Waals surface area contributed by atoms with Gasteiger partial charge in [-0.1, -0.05) is 25.1 Å². The zero-order valence-corrected chi connectivity index (χ0v) is 20.9. The molecule has 0 saturated heterocycles. The number of para-hydroxylation sites is 1. The maximum Gasteiger partial charge on any atom is 0.323 e. The Morgan fingerprint density at radius 3 is 2.37 bits per heavy atom. The molecule has 4 amide bonds. The Hall–Kier alpha value is -3.59. The highest BCUT2D eigenvalue weighted by Crippen LogP contribution is 2.27. The van der Waals surface area contributed by atoms with Crippen LogP contribution in [0.4, 0.5) is 16.2 Å². The first-order valence-electron chi connectivity index (χ1n) is 11.6. The predicted octanol–water partition coefficient (Wildman–Crippen LogP) is 3.68. The lowest BCUT2D eigenvalue weighted by molar-refractivity contribution is -0.133. The molecule has 2 aromatic carbocycles. The fourth-order valence-electron chi connectivity index (χ4n) is 4.10. The second-order valence-electron chi connectivity index (χ2n) is 8.92. The third-order valence-corrected chi connectivity index (χ3v) is 6.14. The molecule has 1 aliphatic rings. The van der Waals surface area contributed by atoms with Gasteiger partial charge in [0.05, 0.1) is 17.7 Å². The first-order valence-corrected chi connectivity index (χ1v) is 11.6. The summed E-state index contributed by atoms with van der Waals surface area (Å²) in [6.45, 7) is 6.48. The summed E-state index contributed by atoms with van der Waals surface area (Å²) >= 11 is 0. The number of hydrogen-bond donors (Lipinski definition) is 2. The minimum absolute atomic E-state index is 0.00944. The van der Waals surface area contributed by atoms with Crippen molar-refractivity contribution in [1.82, 2.24) is 9.80 Å². The Kier molecular flexibility index (Phi) is 8.70. The van der Waals surface area contributed by atoms with Crippen LogP contribution in [0.2, 0.25) is 0 Å². The Morgan fingerprint density at radius 2 is 1.71 bits per heavy atom. The summed E-state index contributed by atoms with van der Waals surface area (Å²) in [4.78, 5) is 41.4. The van der Waals surface area contributed by atoms with Crippen LogP contribution < -0.4 is 15.4 Å². The van der Waals surface area contributed by atoms with Crippen molar-refractivity contribution in [3.63, 3.8) is 0 Å². The summed E-state index contributed by atoms with van der Waals surface area (Å²) in [7, 11) is 3.32. The first-order chi connectivity index (χ1) is 16.7. The topological polar surface area (TPSA) is 100 Å². The molecule has 9 nitrogen and oxygen atoms in total. The number of urea groups is 1. The van der Waals surface area contributed by atoms with E-state index in [-0.39, 0.29) is 36.5 Å². The number of hydrogen-bond acceptors (Lipinski definition) is 5. The van der Waals surface area contributed by atoms with E-state index in [9.17, 15) is 14.4 Å². The lowest BCUT2D eigenvalue weighted by atomic mass is 10.0.